The van der Waals surface area contributed by atoms with E-state index in [0.717, 1.165) is 18.4 Å². The maximum atomic E-state index is 11.6. The van der Waals surface area contributed by atoms with Crippen LogP contribution in [-0.2, 0) is 9.53 Å². The summed E-state index contributed by atoms with van der Waals surface area (Å²) in [6.45, 7) is 2.09. The highest BCUT2D eigenvalue weighted by Gasteiger charge is 2.44. The lowest BCUT2D eigenvalue weighted by atomic mass is 10.0. The van der Waals surface area contributed by atoms with E-state index in [9.17, 15) is 4.79 Å². The predicted molar refractivity (Wildman–Crippen MR) is 58.6 cm³/mol. The van der Waals surface area contributed by atoms with Crippen LogP contribution in [0.5, 0.6) is 0 Å². The van der Waals surface area contributed by atoms with E-state index in [1.807, 2.05) is 30.3 Å². The van der Waals surface area contributed by atoms with Crippen LogP contribution in [0.4, 0.5) is 0 Å². The monoisotopic (exact) mass is 206 g/mol. The Morgan fingerprint density at radius 2 is 2.07 bits per heavy atom. The van der Waals surface area contributed by atoms with Crippen molar-refractivity contribution in [1.29, 1.82) is 0 Å². The van der Waals surface area contributed by atoms with E-state index in [4.69, 9.17) is 4.74 Å². The third kappa shape index (κ3) is 2.45. The molecule has 0 N–H and O–H groups in total. The van der Waals surface area contributed by atoms with Crippen LogP contribution < -0.4 is 0 Å². The lowest BCUT2D eigenvalue weighted by Crippen LogP contribution is -2.06. The maximum Gasteiger partial charge on any atom is 0.164 e. The minimum absolute atomic E-state index is 0.0237. The van der Waals surface area contributed by atoms with Gasteiger partial charge in [0.05, 0.1) is 0 Å². The molecule has 2 rings (SSSR count). The zero-order valence-corrected chi connectivity index (χ0v) is 8.98. The molecule has 0 saturated carbocycles. The van der Waals surface area contributed by atoms with Crippen molar-refractivity contribution < 1.29 is 9.53 Å². The number of benzene rings is 1. The van der Waals surface area contributed by atoms with E-state index < -0.39 is 0 Å². The van der Waals surface area contributed by atoms with Gasteiger partial charge in [-0.2, -0.15) is 0 Å². The molecule has 1 aromatic rings. The number of hydrogen-bond acceptors (Lipinski definition) is 2. The van der Waals surface area contributed by atoms with Crippen LogP contribution in [0.3, 0.4) is 0 Å². The molecule has 1 saturated heterocycles. The molecule has 0 amide bonds. The van der Waals surface area contributed by atoms with E-state index in [0.29, 0.717) is 6.42 Å². The molecule has 0 aliphatic carbocycles. The molecule has 2 nitrogen and oxygen atoms in total. The summed E-state index contributed by atoms with van der Waals surface area (Å²) < 4.78 is 5.41. The molecule has 80 valence electrons. The first-order valence-electron chi connectivity index (χ1n) is 5.56. The molecule has 1 heterocycles. The van der Waals surface area contributed by atoms with Crippen LogP contribution in [0.15, 0.2) is 30.3 Å². The van der Waals surface area contributed by atoms with Gasteiger partial charge < -0.3 is 4.74 Å². The number of rotatable bonds is 5. The van der Waals surface area contributed by atoms with Gasteiger partial charge in [0, 0.05) is 6.42 Å². The molecular formula is C13H16O2. The fraction of sp³-hybridized carbons (Fsp3) is 0.462. The fourth-order valence-electron chi connectivity index (χ4n) is 1.75. The predicted octanol–water partition coefficient (Wildman–Crippen LogP) is 2.89. The Hall–Kier alpha value is -1.15. The molecule has 1 fully saturated rings. The van der Waals surface area contributed by atoms with Crippen molar-refractivity contribution in [3.8, 4) is 0 Å². The van der Waals surface area contributed by atoms with Crippen molar-refractivity contribution in [3.05, 3.63) is 35.9 Å². The summed E-state index contributed by atoms with van der Waals surface area (Å²) in [4.78, 5) is 11.6. The number of ether oxygens (including phenoxy) is 1. The topological polar surface area (TPSA) is 29.6 Å². The van der Waals surface area contributed by atoms with E-state index in [1.165, 1.54) is 0 Å². The lowest BCUT2D eigenvalue weighted by molar-refractivity contribution is -0.120. The van der Waals surface area contributed by atoms with Crippen molar-refractivity contribution in [3.63, 3.8) is 0 Å². The van der Waals surface area contributed by atoms with Gasteiger partial charge in [-0.05, 0) is 12.0 Å². The van der Waals surface area contributed by atoms with Crippen molar-refractivity contribution in [1.82, 2.24) is 0 Å². The SMILES string of the molecule is CCCCC(=O)[C@H]1[18O][C@H]1c1ccccc1. The Bertz CT molecular complexity index is 332. The maximum absolute atomic E-state index is 11.6. The van der Waals surface area contributed by atoms with Gasteiger partial charge in [0.2, 0.25) is 0 Å². The molecule has 0 unspecified atom stereocenters. The number of ketones is 1. The summed E-state index contributed by atoms with van der Waals surface area (Å²) in [5.74, 6) is 0.255. The van der Waals surface area contributed by atoms with Crippen molar-refractivity contribution in [2.75, 3.05) is 0 Å². The highest BCUT2D eigenvalue weighted by molar-refractivity contribution is 5.86. The molecule has 1 aromatic carbocycles. The van der Waals surface area contributed by atoms with Gasteiger partial charge in [-0.25, -0.2) is 0 Å². The summed E-state index contributed by atoms with van der Waals surface area (Å²) in [7, 11) is 0. The Labute approximate surface area is 90.3 Å². The molecule has 1 aliphatic rings. The summed E-state index contributed by atoms with van der Waals surface area (Å²) >= 11 is 0. The number of unbranched alkanes of at least 4 members (excludes halogenated alkanes) is 1. The van der Waals surface area contributed by atoms with E-state index in [1.54, 1.807) is 0 Å². The Kier molecular flexibility index (Phi) is 3.17. The molecule has 0 spiro atoms. The number of hydrogen-bond donors (Lipinski definition) is 0. The molecule has 0 bridgehead atoms. The quantitative estimate of drug-likeness (QED) is 0.547. The second-order valence-corrected chi connectivity index (χ2v) is 3.96. The number of carbonyl (C=O) groups excluding carboxylic acids is 1. The fourth-order valence-corrected chi connectivity index (χ4v) is 1.75. The molecule has 0 radical (unpaired) electrons. The second-order valence-electron chi connectivity index (χ2n) is 3.96. The normalized spacial score (nSPS) is 23.8. The highest BCUT2D eigenvalue weighted by Crippen LogP contribution is 2.39. The van der Waals surface area contributed by atoms with Crippen LogP contribution in [-0.4, -0.2) is 11.9 Å². The first-order chi connectivity index (χ1) is 7.33. The van der Waals surface area contributed by atoms with Crippen LogP contribution in [0.2, 0.25) is 0 Å². The van der Waals surface area contributed by atoms with Crippen molar-refractivity contribution >= 4 is 5.78 Å². The number of Topliss-reactive ketones (excluding diaryl/α,β-unsaturated/α-hetero) is 1. The average molecular weight is 206 g/mol. The smallest absolute Gasteiger partial charge is 0.164 e. The van der Waals surface area contributed by atoms with Crippen molar-refractivity contribution in [2.45, 2.75) is 38.4 Å². The largest absolute Gasteiger partial charge is 0.356 e. The Balaban J connectivity index is 1.88. The third-order valence-electron chi connectivity index (χ3n) is 2.71. The molecule has 2 heteroatoms. The van der Waals surface area contributed by atoms with E-state index >= 15 is 0 Å². The van der Waals surface area contributed by atoms with E-state index in [-0.39, 0.29) is 18.0 Å². The van der Waals surface area contributed by atoms with Gasteiger partial charge in [-0.1, -0.05) is 43.7 Å². The third-order valence-corrected chi connectivity index (χ3v) is 2.71. The summed E-state index contributed by atoms with van der Waals surface area (Å²) in [5, 5.41) is 0. The minimum Gasteiger partial charge on any atom is -0.356 e. The number of epoxide rings is 1. The zero-order chi connectivity index (χ0) is 10.7. The molecule has 15 heavy (non-hydrogen) atoms. The van der Waals surface area contributed by atoms with Gasteiger partial charge in [-0.3, -0.25) is 4.79 Å². The molecule has 2 atom stereocenters. The Morgan fingerprint density at radius 1 is 1.33 bits per heavy atom. The summed E-state index contributed by atoms with van der Waals surface area (Å²) in [6.07, 6.45) is 2.55. The van der Waals surface area contributed by atoms with Crippen LogP contribution in [0.25, 0.3) is 0 Å². The summed E-state index contributed by atoms with van der Waals surface area (Å²) in [5.41, 5.74) is 1.12. The average Bonchev–Trinajstić information content (AvgIpc) is 3.07. The standard InChI is InChI=1S/C13H16O2/c1-2-3-9-11(14)13-12(15-13)10-7-5-4-6-8-10/h4-8,12-13H,2-3,9H2,1H3/t12-,13+/m0/s1/i15+2. The number of carbonyl (C=O) groups is 1. The van der Waals surface area contributed by atoms with Gasteiger partial charge in [0.1, 0.15) is 12.2 Å². The van der Waals surface area contributed by atoms with Gasteiger partial charge >= 0.3 is 0 Å². The van der Waals surface area contributed by atoms with Gasteiger partial charge in [0.25, 0.3) is 0 Å². The Morgan fingerprint density at radius 3 is 2.73 bits per heavy atom. The van der Waals surface area contributed by atoms with Crippen LogP contribution >= 0.6 is 0 Å². The van der Waals surface area contributed by atoms with E-state index in [2.05, 4.69) is 6.92 Å². The van der Waals surface area contributed by atoms with Gasteiger partial charge in [0.15, 0.2) is 5.78 Å². The van der Waals surface area contributed by atoms with Crippen LogP contribution in [0.1, 0.15) is 37.9 Å². The second kappa shape index (κ2) is 4.58. The first-order valence-corrected chi connectivity index (χ1v) is 5.56. The summed E-state index contributed by atoms with van der Waals surface area (Å²) in [6, 6.07) is 9.95. The lowest BCUT2D eigenvalue weighted by Gasteiger charge is -1.95. The molecule has 0 aromatic heterocycles. The molecule has 1 aliphatic heterocycles. The van der Waals surface area contributed by atoms with Crippen molar-refractivity contribution in [2.24, 2.45) is 0 Å². The zero-order valence-electron chi connectivity index (χ0n) is 8.98. The minimum atomic E-state index is -0.168. The first kappa shape index (κ1) is 10.4. The highest BCUT2D eigenvalue weighted by atomic mass is 18.4. The van der Waals surface area contributed by atoms with Gasteiger partial charge in [-0.15, -0.1) is 0 Å². The van der Waals surface area contributed by atoms with Crippen LogP contribution in [0, 0.1) is 0 Å². The molecular weight excluding hydrogens is 190 g/mol.